The zero-order valence-electron chi connectivity index (χ0n) is 13.5. The molecule has 2 aliphatic rings. The fourth-order valence-corrected chi connectivity index (χ4v) is 5.48. The number of hydrogen-bond acceptors (Lipinski definition) is 6. The second-order valence-electron chi connectivity index (χ2n) is 6.42. The van der Waals surface area contributed by atoms with E-state index in [1.54, 1.807) is 0 Å². The van der Waals surface area contributed by atoms with Crippen molar-refractivity contribution in [2.75, 3.05) is 18.4 Å². The molecule has 2 amide bonds. The molecule has 0 aromatic carbocycles. The Morgan fingerprint density at radius 2 is 1.81 bits per heavy atom. The minimum atomic E-state index is -4.11. The van der Waals surface area contributed by atoms with E-state index in [1.165, 1.54) is 0 Å². The van der Waals surface area contributed by atoms with Gasteiger partial charge in [-0.2, -0.15) is 4.31 Å². The number of amides is 2. The molecule has 0 spiro atoms. The maximum absolute atomic E-state index is 13.3. The molecule has 0 radical (unpaired) electrons. The first-order valence-corrected chi connectivity index (χ1v) is 10.1. The van der Waals surface area contributed by atoms with Crippen LogP contribution in [0.15, 0.2) is 10.3 Å². The Hall–Kier alpha value is -1.63. The Morgan fingerprint density at radius 1 is 1.23 bits per heavy atom. The lowest BCUT2D eigenvalue weighted by atomic mass is 10.1. The first-order valence-electron chi connectivity index (χ1n) is 7.80. The lowest BCUT2D eigenvalue weighted by Gasteiger charge is -2.30. The summed E-state index contributed by atoms with van der Waals surface area (Å²) in [6.07, 6.45) is -0.639. The van der Waals surface area contributed by atoms with Crippen molar-refractivity contribution in [2.24, 2.45) is 5.73 Å². The average molecular weight is 409 g/mol. The topological polar surface area (TPSA) is 130 Å². The van der Waals surface area contributed by atoms with Gasteiger partial charge in [-0.15, -0.1) is 11.3 Å². The quantitative estimate of drug-likeness (QED) is 0.660. The van der Waals surface area contributed by atoms with Crippen LogP contribution < -0.4 is 11.1 Å². The fraction of sp³-hybridized carbons (Fsp3) is 0.571. The van der Waals surface area contributed by atoms with Crippen LogP contribution in [0, 0.1) is 0 Å². The molecule has 8 nitrogen and oxygen atoms in total. The Balaban J connectivity index is 1.87. The summed E-state index contributed by atoms with van der Waals surface area (Å²) in [6, 6.07) is 1.02. The van der Waals surface area contributed by atoms with Crippen molar-refractivity contribution >= 4 is 38.2 Å². The summed E-state index contributed by atoms with van der Waals surface area (Å²) in [5.41, 5.74) is 3.50. The number of primary amides is 1. The van der Waals surface area contributed by atoms with E-state index in [1.807, 2.05) is 0 Å². The largest absolute Gasteiger partial charge is 0.380 e. The van der Waals surface area contributed by atoms with Gasteiger partial charge in [-0.3, -0.25) is 9.59 Å². The summed E-state index contributed by atoms with van der Waals surface area (Å²) in [4.78, 5) is 23.5. The monoisotopic (exact) mass is 409 g/mol. The lowest BCUT2D eigenvalue weighted by molar-refractivity contribution is -0.125. The van der Waals surface area contributed by atoms with E-state index in [2.05, 4.69) is 5.32 Å². The number of rotatable bonds is 5. The number of halogens is 2. The van der Waals surface area contributed by atoms with Crippen molar-refractivity contribution in [3.63, 3.8) is 0 Å². The third-order valence-corrected chi connectivity index (χ3v) is 7.79. The van der Waals surface area contributed by atoms with Crippen LogP contribution in [0.2, 0.25) is 0 Å². The van der Waals surface area contributed by atoms with Crippen molar-refractivity contribution in [1.82, 2.24) is 4.31 Å². The molecule has 0 bridgehead atoms. The van der Waals surface area contributed by atoms with Crippen molar-refractivity contribution in [3.05, 3.63) is 11.6 Å². The molecule has 144 valence electrons. The summed E-state index contributed by atoms with van der Waals surface area (Å²) in [6.45, 7) is -0.693. The van der Waals surface area contributed by atoms with Gasteiger partial charge < -0.3 is 16.2 Å². The number of thiophene rings is 1. The molecule has 1 aliphatic heterocycles. The van der Waals surface area contributed by atoms with Gasteiger partial charge in [-0.05, 0) is 18.9 Å². The number of carbonyl (C=O) groups is 2. The summed E-state index contributed by atoms with van der Waals surface area (Å²) >= 11 is 0.600. The zero-order valence-corrected chi connectivity index (χ0v) is 15.1. The Bertz CT molecular complexity index is 854. The number of anilines is 1. The predicted molar refractivity (Wildman–Crippen MR) is 88.6 cm³/mol. The van der Waals surface area contributed by atoms with Crippen LogP contribution >= 0.6 is 11.3 Å². The van der Waals surface area contributed by atoms with Crippen molar-refractivity contribution in [2.45, 2.75) is 41.4 Å². The van der Waals surface area contributed by atoms with Gasteiger partial charge in [0.1, 0.15) is 14.8 Å². The van der Waals surface area contributed by atoms with Gasteiger partial charge in [0.2, 0.25) is 0 Å². The number of nitrogens with zero attached hydrogens (tertiary/aromatic N) is 1. The number of nitrogens with one attached hydrogen (secondary N) is 1. The van der Waals surface area contributed by atoms with Crippen LogP contribution in [0.4, 0.5) is 13.8 Å². The van der Waals surface area contributed by atoms with Gasteiger partial charge in [0.25, 0.3) is 27.8 Å². The predicted octanol–water partition coefficient (Wildman–Crippen LogP) is 0.730. The first kappa shape index (κ1) is 19.1. The number of hydrogen-bond donors (Lipinski definition) is 3. The van der Waals surface area contributed by atoms with Crippen molar-refractivity contribution < 1.29 is 31.9 Å². The zero-order chi connectivity index (χ0) is 19.3. The molecule has 3 rings (SSSR count). The van der Waals surface area contributed by atoms with E-state index in [-0.39, 0.29) is 40.7 Å². The highest BCUT2D eigenvalue weighted by Gasteiger charge is 2.48. The highest BCUT2D eigenvalue weighted by atomic mass is 32.2. The second-order valence-corrected chi connectivity index (χ2v) is 9.64. The molecule has 2 fully saturated rings. The number of piperidine rings is 1. The third-order valence-electron chi connectivity index (χ3n) is 4.40. The highest BCUT2D eigenvalue weighted by molar-refractivity contribution is 7.91. The average Bonchev–Trinajstić information content (AvgIpc) is 3.14. The maximum atomic E-state index is 13.3. The van der Waals surface area contributed by atoms with E-state index in [9.17, 15) is 31.9 Å². The van der Waals surface area contributed by atoms with Crippen LogP contribution in [-0.4, -0.2) is 54.3 Å². The number of alkyl halides is 2. The van der Waals surface area contributed by atoms with Crippen LogP contribution in [0.1, 0.15) is 36.0 Å². The molecule has 2 heterocycles. The normalized spacial score (nSPS) is 22.0. The van der Waals surface area contributed by atoms with Crippen molar-refractivity contribution in [3.8, 4) is 0 Å². The van der Waals surface area contributed by atoms with Gasteiger partial charge in [0.05, 0.1) is 5.56 Å². The highest BCUT2D eigenvalue weighted by Crippen LogP contribution is 2.39. The Labute approximate surface area is 152 Å². The van der Waals surface area contributed by atoms with E-state index in [4.69, 9.17) is 5.73 Å². The molecular weight excluding hydrogens is 392 g/mol. The third kappa shape index (κ3) is 3.59. The number of carbonyl (C=O) groups excluding carboxylic acids is 2. The van der Waals surface area contributed by atoms with Crippen LogP contribution in [0.5, 0.6) is 0 Å². The van der Waals surface area contributed by atoms with Gasteiger partial charge in [-0.1, -0.05) is 0 Å². The van der Waals surface area contributed by atoms with E-state index >= 15 is 0 Å². The SMILES string of the molecule is NC(=O)c1cc(S(=O)(=O)N2CCC(F)(F)CC2)sc1NC(=O)C1(O)CC1. The standard InChI is InChI=1S/C14H17F2N3O5S2/c15-14(16)3-5-19(6-4-14)26(23,24)9-7-8(10(17)20)11(25-9)18-12(21)13(22)1-2-13/h7,22H,1-6H2,(H2,17,20)(H,18,21). The summed E-state index contributed by atoms with van der Waals surface area (Å²) < 4.78 is 52.5. The Morgan fingerprint density at radius 3 is 2.31 bits per heavy atom. The van der Waals surface area contributed by atoms with Gasteiger partial charge in [0, 0.05) is 25.9 Å². The van der Waals surface area contributed by atoms with Crippen LogP contribution in [0.3, 0.4) is 0 Å². The first-order chi connectivity index (χ1) is 11.9. The molecule has 12 heteroatoms. The molecule has 1 aromatic rings. The van der Waals surface area contributed by atoms with Gasteiger partial charge in [0.15, 0.2) is 0 Å². The molecule has 1 aromatic heterocycles. The molecule has 1 saturated carbocycles. The summed E-state index contributed by atoms with van der Waals surface area (Å²) in [5, 5.41) is 12.0. The molecule has 1 saturated heterocycles. The van der Waals surface area contributed by atoms with E-state index in [0.717, 1.165) is 10.4 Å². The van der Waals surface area contributed by atoms with Crippen molar-refractivity contribution in [1.29, 1.82) is 0 Å². The molecule has 1 aliphatic carbocycles. The number of aliphatic hydroxyl groups is 1. The Kier molecular flexibility index (Phi) is 4.58. The van der Waals surface area contributed by atoms with E-state index < -0.39 is 46.2 Å². The molecule has 4 N–H and O–H groups in total. The lowest BCUT2D eigenvalue weighted by Crippen LogP contribution is -2.42. The number of nitrogens with two attached hydrogens (primary N) is 1. The molecule has 26 heavy (non-hydrogen) atoms. The molecule has 0 unspecified atom stereocenters. The van der Waals surface area contributed by atoms with Crippen LogP contribution in [-0.2, 0) is 14.8 Å². The molecular formula is C14H17F2N3O5S2. The van der Waals surface area contributed by atoms with Gasteiger partial charge in [-0.25, -0.2) is 17.2 Å². The van der Waals surface area contributed by atoms with Gasteiger partial charge >= 0.3 is 0 Å². The summed E-state index contributed by atoms with van der Waals surface area (Å²) in [7, 11) is -4.11. The summed E-state index contributed by atoms with van der Waals surface area (Å²) in [5.74, 6) is -4.60. The molecule has 0 atom stereocenters. The van der Waals surface area contributed by atoms with E-state index in [0.29, 0.717) is 11.3 Å². The maximum Gasteiger partial charge on any atom is 0.256 e. The fourth-order valence-electron chi connectivity index (χ4n) is 2.52. The number of sulfonamides is 1. The second kappa shape index (κ2) is 6.22. The minimum Gasteiger partial charge on any atom is -0.380 e. The van der Waals surface area contributed by atoms with Crippen LogP contribution in [0.25, 0.3) is 0 Å². The smallest absolute Gasteiger partial charge is 0.256 e. The minimum absolute atomic E-state index is 0.0938.